The van der Waals surface area contributed by atoms with Crippen molar-refractivity contribution >= 4 is 38.9 Å². The maximum atomic E-state index is 13.5. The molecule has 0 atom stereocenters. The number of aryl methyl sites for hydroxylation is 4. The molecule has 0 unspecified atom stereocenters. The van der Waals surface area contributed by atoms with Crippen molar-refractivity contribution in [1.82, 2.24) is 0 Å². The average Bonchev–Trinajstić information content (AvgIpc) is 2.71. The van der Waals surface area contributed by atoms with E-state index >= 15 is 0 Å². The van der Waals surface area contributed by atoms with E-state index in [0.717, 1.165) is 21.0 Å². The lowest BCUT2D eigenvalue weighted by molar-refractivity contribution is -0.114. The molecule has 3 rings (SSSR count). The number of carbonyl (C=O) groups excluding carboxylic acids is 1. The van der Waals surface area contributed by atoms with Gasteiger partial charge in [0.25, 0.3) is 10.0 Å². The van der Waals surface area contributed by atoms with E-state index < -0.39 is 15.9 Å². The topological polar surface area (TPSA) is 66.5 Å². The van der Waals surface area contributed by atoms with Gasteiger partial charge >= 0.3 is 0 Å². The van der Waals surface area contributed by atoms with Gasteiger partial charge in [0, 0.05) is 10.7 Å². The number of anilines is 2. The molecule has 3 aromatic rings. The Hall–Kier alpha value is -2.83. The number of nitrogens with one attached hydrogen (secondary N) is 1. The molecule has 0 fully saturated rings. The molecule has 0 aromatic heterocycles. The number of rotatable bonds is 6. The van der Waals surface area contributed by atoms with Gasteiger partial charge in [0.05, 0.1) is 10.6 Å². The van der Waals surface area contributed by atoms with Crippen LogP contribution in [0.2, 0.25) is 5.02 Å². The zero-order valence-electron chi connectivity index (χ0n) is 17.9. The molecule has 0 aliphatic heterocycles. The number of hydrogen-bond donors (Lipinski definition) is 1. The largest absolute Gasteiger partial charge is 0.324 e. The standard InChI is InChI=1S/C24H25ClN2O3S/c1-16-12-18(3)24(19(4)13-16)26-23(28)15-27(22-14-20(25)11-10-17(22)2)31(29,30)21-8-6-5-7-9-21/h5-14H,15H2,1-4H3,(H,26,28). The Kier molecular flexibility index (Phi) is 6.72. The SMILES string of the molecule is Cc1cc(C)c(NC(=O)CN(c2cc(Cl)ccc2C)S(=O)(=O)c2ccccc2)c(C)c1. The van der Waals surface area contributed by atoms with Crippen LogP contribution in [0.3, 0.4) is 0 Å². The minimum Gasteiger partial charge on any atom is -0.324 e. The van der Waals surface area contributed by atoms with Crippen LogP contribution in [0.25, 0.3) is 0 Å². The second kappa shape index (κ2) is 9.12. The van der Waals surface area contributed by atoms with Gasteiger partial charge in [-0.1, -0.05) is 53.6 Å². The Morgan fingerprint density at radius 2 is 1.52 bits per heavy atom. The summed E-state index contributed by atoms with van der Waals surface area (Å²) in [5.41, 5.74) is 4.68. The predicted molar refractivity (Wildman–Crippen MR) is 126 cm³/mol. The third-order valence-corrected chi connectivity index (χ3v) is 7.01. The van der Waals surface area contributed by atoms with E-state index in [0.29, 0.717) is 22.0 Å². The summed E-state index contributed by atoms with van der Waals surface area (Å²) < 4.78 is 28.0. The van der Waals surface area contributed by atoms with Crippen LogP contribution in [0.1, 0.15) is 22.3 Å². The van der Waals surface area contributed by atoms with Gasteiger partial charge in [-0.2, -0.15) is 0 Å². The van der Waals surface area contributed by atoms with Gasteiger partial charge in [-0.3, -0.25) is 9.10 Å². The zero-order chi connectivity index (χ0) is 22.8. The van der Waals surface area contributed by atoms with Crippen LogP contribution >= 0.6 is 11.6 Å². The van der Waals surface area contributed by atoms with Crippen LogP contribution in [0.15, 0.2) is 65.6 Å². The number of benzene rings is 3. The maximum absolute atomic E-state index is 13.5. The summed E-state index contributed by atoms with van der Waals surface area (Å²) in [4.78, 5) is 13.1. The summed E-state index contributed by atoms with van der Waals surface area (Å²) >= 11 is 6.16. The van der Waals surface area contributed by atoms with Crippen LogP contribution in [0.4, 0.5) is 11.4 Å². The highest BCUT2D eigenvalue weighted by Gasteiger charge is 2.28. The lowest BCUT2D eigenvalue weighted by Crippen LogP contribution is -2.38. The Balaban J connectivity index is 2.02. The number of halogens is 1. The first-order chi connectivity index (χ1) is 14.6. The summed E-state index contributed by atoms with van der Waals surface area (Å²) in [5.74, 6) is -0.436. The van der Waals surface area contributed by atoms with Crippen molar-refractivity contribution in [3.63, 3.8) is 0 Å². The summed E-state index contributed by atoms with van der Waals surface area (Å²) in [6, 6.07) is 17.0. The van der Waals surface area contributed by atoms with Gasteiger partial charge in [-0.05, 0) is 68.7 Å². The highest BCUT2D eigenvalue weighted by atomic mass is 35.5. The molecule has 0 radical (unpaired) electrons. The molecule has 31 heavy (non-hydrogen) atoms. The maximum Gasteiger partial charge on any atom is 0.264 e. The van der Waals surface area contributed by atoms with Crippen molar-refractivity contribution in [2.45, 2.75) is 32.6 Å². The van der Waals surface area contributed by atoms with Gasteiger partial charge < -0.3 is 5.32 Å². The predicted octanol–water partition coefficient (Wildman–Crippen LogP) is 5.41. The normalized spacial score (nSPS) is 11.3. The molecule has 0 saturated heterocycles. The Bertz CT molecular complexity index is 1200. The van der Waals surface area contributed by atoms with Gasteiger partial charge in [0.1, 0.15) is 6.54 Å². The van der Waals surface area contributed by atoms with E-state index in [-0.39, 0.29) is 11.4 Å². The number of amides is 1. The number of nitrogens with zero attached hydrogens (tertiary/aromatic N) is 1. The summed E-state index contributed by atoms with van der Waals surface area (Å²) in [6.07, 6.45) is 0. The fraction of sp³-hybridized carbons (Fsp3) is 0.208. The molecular formula is C24H25ClN2O3S. The minimum absolute atomic E-state index is 0.102. The van der Waals surface area contributed by atoms with Gasteiger partial charge in [-0.15, -0.1) is 0 Å². The fourth-order valence-corrected chi connectivity index (χ4v) is 5.22. The Morgan fingerprint density at radius 1 is 0.903 bits per heavy atom. The summed E-state index contributed by atoms with van der Waals surface area (Å²) in [6.45, 7) is 7.21. The monoisotopic (exact) mass is 456 g/mol. The van der Waals surface area contributed by atoms with E-state index in [4.69, 9.17) is 11.6 Å². The second-order valence-electron chi connectivity index (χ2n) is 7.58. The van der Waals surface area contributed by atoms with Crippen molar-refractivity contribution in [3.8, 4) is 0 Å². The number of hydrogen-bond acceptors (Lipinski definition) is 3. The second-order valence-corrected chi connectivity index (χ2v) is 9.88. The molecule has 1 N–H and O–H groups in total. The van der Waals surface area contributed by atoms with Gasteiger partial charge in [0.2, 0.25) is 5.91 Å². The van der Waals surface area contributed by atoms with Crippen molar-refractivity contribution in [2.75, 3.05) is 16.2 Å². The highest BCUT2D eigenvalue weighted by molar-refractivity contribution is 7.92. The van der Waals surface area contributed by atoms with Crippen molar-refractivity contribution < 1.29 is 13.2 Å². The van der Waals surface area contributed by atoms with E-state index in [1.54, 1.807) is 43.3 Å². The van der Waals surface area contributed by atoms with Crippen LogP contribution in [-0.2, 0) is 14.8 Å². The van der Waals surface area contributed by atoms with E-state index in [1.165, 1.54) is 12.1 Å². The molecule has 3 aromatic carbocycles. The van der Waals surface area contributed by atoms with E-state index in [2.05, 4.69) is 5.32 Å². The summed E-state index contributed by atoms with van der Waals surface area (Å²) in [5, 5.41) is 3.27. The first-order valence-corrected chi connectivity index (χ1v) is 11.6. The van der Waals surface area contributed by atoms with Gasteiger partial charge in [-0.25, -0.2) is 8.42 Å². The molecule has 5 nitrogen and oxygen atoms in total. The van der Waals surface area contributed by atoms with Crippen LogP contribution in [-0.4, -0.2) is 20.9 Å². The number of carbonyl (C=O) groups is 1. The summed E-state index contributed by atoms with van der Waals surface area (Å²) in [7, 11) is -3.99. The zero-order valence-corrected chi connectivity index (χ0v) is 19.5. The number of sulfonamides is 1. The molecule has 0 aliphatic rings. The first kappa shape index (κ1) is 22.8. The van der Waals surface area contributed by atoms with Crippen molar-refractivity contribution in [1.29, 1.82) is 0 Å². The molecule has 0 aliphatic carbocycles. The van der Waals surface area contributed by atoms with Crippen LogP contribution in [0.5, 0.6) is 0 Å². The quantitative estimate of drug-likeness (QED) is 0.539. The molecule has 0 heterocycles. The smallest absolute Gasteiger partial charge is 0.264 e. The lowest BCUT2D eigenvalue weighted by Gasteiger charge is -2.26. The fourth-order valence-electron chi connectivity index (χ4n) is 3.56. The molecule has 162 valence electrons. The first-order valence-electron chi connectivity index (χ1n) is 9.81. The Labute approximate surface area is 188 Å². The molecule has 0 spiro atoms. The average molecular weight is 457 g/mol. The molecule has 7 heteroatoms. The highest BCUT2D eigenvalue weighted by Crippen LogP contribution is 2.30. The van der Waals surface area contributed by atoms with E-state index in [1.807, 2.05) is 32.9 Å². The van der Waals surface area contributed by atoms with Crippen LogP contribution in [0, 0.1) is 27.7 Å². The third-order valence-electron chi connectivity index (χ3n) is 5.00. The molecule has 1 amide bonds. The van der Waals surface area contributed by atoms with Crippen molar-refractivity contribution in [2.24, 2.45) is 0 Å². The molecule has 0 bridgehead atoms. The third kappa shape index (κ3) is 5.09. The molecular weight excluding hydrogens is 432 g/mol. The van der Waals surface area contributed by atoms with Gasteiger partial charge in [0.15, 0.2) is 0 Å². The van der Waals surface area contributed by atoms with Crippen LogP contribution < -0.4 is 9.62 Å². The van der Waals surface area contributed by atoms with E-state index in [9.17, 15) is 13.2 Å². The molecule has 0 saturated carbocycles. The Morgan fingerprint density at radius 3 is 2.13 bits per heavy atom. The minimum atomic E-state index is -3.99. The lowest BCUT2D eigenvalue weighted by atomic mass is 10.1. The van der Waals surface area contributed by atoms with Crippen molar-refractivity contribution in [3.05, 3.63) is 87.9 Å².